The van der Waals surface area contributed by atoms with Crippen LogP contribution in [-0.2, 0) is 17.8 Å². The summed E-state index contributed by atoms with van der Waals surface area (Å²) in [5.41, 5.74) is 1.75. The molecule has 0 atom stereocenters. The summed E-state index contributed by atoms with van der Waals surface area (Å²) in [6, 6.07) is 5.94. The number of hydrogen-bond acceptors (Lipinski definition) is 6. The normalized spacial score (nSPS) is 14.3. The number of anilines is 1. The third-order valence-corrected chi connectivity index (χ3v) is 5.39. The molecule has 0 amide bonds. The highest BCUT2D eigenvalue weighted by atomic mass is 35.5. The molecule has 1 saturated heterocycles. The van der Waals surface area contributed by atoms with Gasteiger partial charge in [-0.25, -0.2) is 13.8 Å². The van der Waals surface area contributed by atoms with Gasteiger partial charge < -0.3 is 9.64 Å². The Kier molecular flexibility index (Phi) is 6.06. The van der Waals surface area contributed by atoms with Crippen LogP contribution in [0.1, 0.15) is 26.5 Å². The first-order chi connectivity index (χ1) is 14.9. The van der Waals surface area contributed by atoms with Crippen molar-refractivity contribution < 1.29 is 9.13 Å². The Morgan fingerprint density at radius 1 is 1.26 bits per heavy atom. The summed E-state index contributed by atoms with van der Waals surface area (Å²) in [7, 11) is 0. The lowest BCUT2D eigenvalue weighted by atomic mass is 10.1. The molecule has 1 aromatic carbocycles. The van der Waals surface area contributed by atoms with Crippen LogP contribution in [0.2, 0.25) is 5.02 Å². The third kappa shape index (κ3) is 4.47. The zero-order chi connectivity index (χ0) is 22.1. The Morgan fingerprint density at radius 3 is 2.68 bits per heavy atom. The van der Waals surface area contributed by atoms with E-state index in [0.717, 1.165) is 18.8 Å². The summed E-state index contributed by atoms with van der Waals surface area (Å²) in [6.45, 7) is 8.02. The standard InChI is InChI=1S/C21H24ClFN6O2/c1-4-28-19(21(25-26-28)17-6-5-14(22)7-18(17)23)12-29-20(30)8-15(9-24-29)27-10-16(11-27)31-13(2)3/h5-9,13,16H,4,10-12H2,1-3H3. The van der Waals surface area contributed by atoms with Gasteiger partial charge in [0.15, 0.2) is 0 Å². The molecule has 31 heavy (non-hydrogen) atoms. The average Bonchev–Trinajstić information content (AvgIpc) is 3.08. The number of benzene rings is 1. The molecule has 1 aliphatic heterocycles. The number of nitrogens with zero attached hydrogens (tertiary/aromatic N) is 6. The summed E-state index contributed by atoms with van der Waals surface area (Å²) < 4.78 is 23.2. The molecule has 0 spiro atoms. The van der Waals surface area contributed by atoms with Crippen LogP contribution < -0.4 is 10.5 Å². The van der Waals surface area contributed by atoms with Crippen LogP contribution in [0.3, 0.4) is 0 Å². The van der Waals surface area contributed by atoms with E-state index < -0.39 is 5.82 Å². The minimum Gasteiger partial charge on any atom is -0.372 e. The van der Waals surface area contributed by atoms with Crippen LogP contribution in [0.25, 0.3) is 11.3 Å². The molecule has 164 valence electrons. The predicted octanol–water partition coefficient (Wildman–Crippen LogP) is 2.98. The predicted molar refractivity (Wildman–Crippen MR) is 116 cm³/mol. The average molecular weight is 447 g/mol. The molecule has 0 N–H and O–H groups in total. The van der Waals surface area contributed by atoms with E-state index in [4.69, 9.17) is 16.3 Å². The second-order valence-electron chi connectivity index (χ2n) is 7.75. The fourth-order valence-corrected chi connectivity index (χ4v) is 3.77. The van der Waals surface area contributed by atoms with Gasteiger partial charge in [-0.1, -0.05) is 16.8 Å². The Balaban J connectivity index is 1.57. The number of ether oxygens (including phenoxy) is 1. The fourth-order valence-electron chi connectivity index (χ4n) is 3.61. The molecule has 1 aliphatic rings. The maximum atomic E-state index is 14.5. The van der Waals surface area contributed by atoms with Crippen molar-refractivity contribution in [2.75, 3.05) is 18.0 Å². The molecule has 4 rings (SSSR count). The molecule has 0 aliphatic carbocycles. The first-order valence-electron chi connectivity index (χ1n) is 10.2. The molecule has 8 nitrogen and oxygen atoms in total. The smallest absolute Gasteiger partial charge is 0.269 e. The molecule has 10 heteroatoms. The topological polar surface area (TPSA) is 78.1 Å². The van der Waals surface area contributed by atoms with Gasteiger partial charge in [0.25, 0.3) is 5.56 Å². The molecule has 0 saturated carbocycles. The van der Waals surface area contributed by atoms with E-state index in [1.807, 2.05) is 20.8 Å². The van der Waals surface area contributed by atoms with Crippen molar-refractivity contribution in [3.8, 4) is 11.3 Å². The molecule has 1 fully saturated rings. The van der Waals surface area contributed by atoms with E-state index in [-0.39, 0.29) is 29.9 Å². The number of hydrogen-bond donors (Lipinski definition) is 0. The van der Waals surface area contributed by atoms with Crippen LogP contribution in [0.5, 0.6) is 0 Å². The molecule has 3 heterocycles. The summed E-state index contributed by atoms with van der Waals surface area (Å²) >= 11 is 5.87. The van der Waals surface area contributed by atoms with Gasteiger partial charge in [-0.2, -0.15) is 5.10 Å². The lowest BCUT2D eigenvalue weighted by Gasteiger charge is -2.41. The second kappa shape index (κ2) is 8.76. The van der Waals surface area contributed by atoms with Crippen molar-refractivity contribution in [2.24, 2.45) is 0 Å². The lowest BCUT2D eigenvalue weighted by Crippen LogP contribution is -2.53. The van der Waals surface area contributed by atoms with Crippen molar-refractivity contribution in [2.45, 2.75) is 46.1 Å². The maximum Gasteiger partial charge on any atom is 0.269 e. The Bertz CT molecular complexity index is 1140. The van der Waals surface area contributed by atoms with E-state index in [1.54, 1.807) is 29.1 Å². The van der Waals surface area contributed by atoms with Gasteiger partial charge in [-0.05, 0) is 39.0 Å². The second-order valence-corrected chi connectivity index (χ2v) is 8.18. The monoisotopic (exact) mass is 446 g/mol. The molecule has 0 bridgehead atoms. The molecule has 0 radical (unpaired) electrons. The number of aromatic nitrogens is 5. The van der Waals surface area contributed by atoms with Gasteiger partial charge in [0.05, 0.1) is 36.3 Å². The zero-order valence-electron chi connectivity index (χ0n) is 17.6. The van der Waals surface area contributed by atoms with Gasteiger partial charge in [0.1, 0.15) is 11.5 Å². The van der Waals surface area contributed by atoms with Crippen molar-refractivity contribution in [1.82, 2.24) is 24.8 Å². The summed E-state index contributed by atoms with van der Waals surface area (Å²) in [5, 5.41) is 12.9. The van der Waals surface area contributed by atoms with Crippen LogP contribution in [0, 0.1) is 5.82 Å². The first kappa shape index (κ1) is 21.5. The van der Waals surface area contributed by atoms with Crippen LogP contribution in [0.4, 0.5) is 10.1 Å². The van der Waals surface area contributed by atoms with Crippen molar-refractivity contribution in [3.63, 3.8) is 0 Å². The van der Waals surface area contributed by atoms with Crippen molar-refractivity contribution in [3.05, 3.63) is 57.3 Å². The summed E-state index contributed by atoms with van der Waals surface area (Å²) in [5.74, 6) is -0.497. The Morgan fingerprint density at radius 2 is 2.03 bits per heavy atom. The van der Waals surface area contributed by atoms with Crippen LogP contribution in [0.15, 0.2) is 35.3 Å². The van der Waals surface area contributed by atoms with Gasteiger partial charge in [-0.15, -0.1) is 5.10 Å². The summed E-state index contributed by atoms with van der Waals surface area (Å²) in [4.78, 5) is 14.8. The molecular formula is C21H24ClFN6O2. The zero-order valence-corrected chi connectivity index (χ0v) is 18.4. The highest BCUT2D eigenvalue weighted by Crippen LogP contribution is 2.27. The largest absolute Gasteiger partial charge is 0.372 e. The number of halogens is 2. The van der Waals surface area contributed by atoms with E-state index in [1.165, 1.54) is 10.7 Å². The highest BCUT2D eigenvalue weighted by Gasteiger charge is 2.29. The van der Waals surface area contributed by atoms with E-state index in [9.17, 15) is 9.18 Å². The fraction of sp³-hybridized carbons (Fsp3) is 0.429. The van der Waals surface area contributed by atoms with Crippen LogP contribution in [-0.4, -0.2) is 50.1 Å². The molecule has 2 aromatic heterocycles. The first-order valence-corrected chi connectivity index (χ1v) is 10.6. The molecule has 0 unspecified atom stereocenters. The van der Waals surface area contributed by atoms with E-state index >= 15 is 0 Å². The van der Waals surface area contributed by atoms with Gasteiger partial charge in [-0.3, -0.25) is 4.79 Å². The minimum atomic E-state index is -0.497. The number of rotatable bonds is 7. The van der Waals surface area contributed by atoms with Gasteiger partial charge in [0.2, 0.25) is 0 Å². The SMILES string of the molecule is CCn1nnc(-c2ccc(Cl)cc2F)c1Cn1ncc(N2CC(OC(C)C)C2)cc1=O. The minimum absolute atomic E-state index is 0.121. The van der Waals surface area contributed by atoms with Gasteiger partial charge >= 0.3 is 0 Å². The van der Waals surface area contributed by atoms with Crippen molar-refractivity contribution in [1.29, 1.82) is 0 Å². The van der Waals surface area contributed by atoms with E-state index in [2.05, 4.69) is 20.3 Å². The number of aryl methyl sites for hydroxylation is 1. The quantitative estimate of drug-likeness (QED) is 0.555. The lowest BCUT2D eigenvalue weighted by molar-refractivity contribution is -0.00723. The highest BCUT2D eigenvalue weighted by molar-refractivity contribution is 6.30. The van der Waals surface area contributed by atoms with E-state index in [0.29, 0.717) is 23.0 Å². The van der Waals surface area contributed by atoms with Gasteiger partial charge in [0, 0.05) is 36.3 Å². The Hall–Kier alpha value is -2.78. The summed E-state index contributed by atoms with van der Waals surface area (Å²) in [6.07, 6.45) is 2.01. The third-order valence-electron chi connectivity index (χ3n) is 5.16. The molecule has 3 aromatic rings. The maximum absolute atomic E-state index is 14.5. The molecular weight excluding hydrogens is 423 g/mol. The van der Waals surface area contributed by atoms with Crippen molar-refractivity contribution >= 4 is 17.3 Å². The Labute approximate surface area is 184 Å². The van der Waals surface area contributed by atoms with Crippen LogP contribution >= 0.6 is 11.6 Å².